The number of nitrogens with zero attached hydrogens (tertiary/aromatic N) is 1. The Morgan fingerprint density at radius 2 is 2.00 bits per heavy atom. The molecule has 3 N–H and O–H groups in total. The highest BCUT2D eigenvalue weighted by molar-refractivity contribution is 7.89. The Balaban J connectivity index is 2.22. The van der Waals surface area contributed by atoms with Crippen LogP contribution in [0.1, 0.15) is 32.8 Å². The summed E-state index contributed by atoms with van der Waals surface area (Å²) in [6, 6.07) is 5.03. The van der Waals surface area contributed by atoms with Gasteiger partial charge < -0.3 is 9.64 Å². The first kappa shape index (κ1) is 19.2. The average Bonchev–Trinajstić information content (AvgIpc) is 2.81. The normalized spacial score (nSPS) is 18.4. The van der Waals surface area contributed by atoms with E-state index in [1.54, 1.807) is 45.9 Å². The fourth-order valence-electron chi connectivity index (χ4n) is 2.53. The zero-order chi connectivity index (χ0) is 19.0. The van der Waals surface area contributed by atoms with Crippen molar-refractivity contribution in [1.82, 2.24) is 0 Å². The van der Waals surface area contributed by atoms with Crippen molar-refractivity contribution in [3.05, 3.63) is 23.8 Å². The minimum Gasteiger partial charge on any atom is -0.444 e. The highest BCUT2D eigenvalue weighted by atomic mass is 32.2. The molecule has 1 aromatic rings. The van der Waals surface area contributed by atoms with Crippen LogP contribution in [0.3, 0.4) is 0 Å². The Kier molecular flexibility index (Phi) is 5.10. The van der Waals surface area contributed by atoms with Gasteiger partial charge in [-0.05, 0) is 45.4 Å². The molecule has 0 aromatic heterocycles. The van der Waals surface area contributed by atoms with Gasteiger partial charge in [-0.2, -0.15) is 0 Å². The molecule has 2 rings (SSSR count). The molecule has 8 nitrogen and oxygen atoms in total. The number of anilines is 2. The lowest BCUT2D eigenvalue weighted by Crippen LogP contribution is -2.32. The lowest BCUT2D eigenvalue weighted by Gasteiger charge is -2.22. The molecule has 0 saturated carbocycles. The number of rotatable bonds is 3. The van der Waals surface area contributed by atoms with Crippen molar-refractivity contribution in [3.8, 4) is 0 Å². The van der Waals surface area contributed by atoms with Crippen molar-refractivity contribution in [2.45, 2.75) is 45.0 Å². The number of sulfonamides is 1. The summed E-state index contributed by atoms with van der Waals surface area (Å²) in [6.45, 7) is 7.05. The minimum atomic E-state index is -3.79. The van der Waals surface area contributed by atoms with Crippen molar-refractivity contribution in [2.75, 3.05) is 16.8 Å². The van der Waals surface area contributed by atoms with E-state index in [1.807, 2.05) is 0 Å². The molecule has 1 atom stereocenters. The van der Waals surface area contributed by atoms with E-state index in [0.29, 0.717) is 11.4 Å². The molecule has 0 bridgehead atoms. The van der Waals surface area contributed by atoms with Crippen LogP contribution in [-0.2, 0) is 19.6 Å². The molecule has 25 heavy (non-hydrogen) atoms. The summed E-state index contributed by atoms with van der Waals surface area (Å²) in [4.78, 5) is 25.5. The smallest absolute Gasteiger partial charge is 0.412 e. The Bertz CT molecular complexity index is 798. The van der Waals surface area contributed by atoms with Gasteiger partial charge in [-0.1, -0.05) is 6.07 Å². The third-order valence-corrected chi connectivity index (χ3v) is 4.94. The summed E-state index contributed by atoms with van der Waals surface area (Å²) in [6.07, 6.45) is -0.764. The molecular formula is C16H23N3O5S. The second-order valence-electron chi connectivity index (χ2n) is 7.05. The fourth-order valence-corrected chi connectivity index (χ4v) is 3.26. The number of aryl methyl sites for hydroxylation is 1. The Labute approximate surface area is 147 Å². The molecule has 2 amide bonds. The van der Waals surface area contributed by atoms with Crippen LogP contribution >= 0.6 is 0 Å². The highest BCUT2D eigenvalue weighted by Crippen LogP contribution is 2.30. The second kappa shape index (κ2) is 6.64. The van der Waals surface area contributed by atoms with Crippen LogP contribution in [0, 0.1) is 6.92 Å². The summed E-state index contributed by atoms with van der Waals surface area (Å²) in [5.74, 6) is -0.323. The lowest BCUT2D eigenvalue weighted by atomic mass is 10.1. The summed E-state index contributed by atoms with van der Waals surface area (Å²) >= 11 is 0. The monoisotopic (exact) mass is 369 g/mol. The van der Waals surface area contributed by atoms with Gasteiger partial charge in [0.25, 0.3) is 0 Å². The van der Waals surface area contributed by atoms with Crippen molar-refractivity contribution >= 4 is 33.4 Å². The van der Waals surface area contributed by atoms with Crippen LogP contribution in [0.2, 0.25) is 0 Å². The maximum absolute atomic E-state index is 12.2. The summed E-state index contributed by atoms with van der Waals surface area (Å²) in [7, 11) is -3.79. The van der Waals surface area contributed by atoms with E-state index in [1.165, 1.54) is 4.90 Å². The Hall–Kier alpha value is -2.13. The van der Waals surface area contributed by atoms with E-state index < -0.39 is 27.0 Å². The molecule has 1 aromatic carbocycles. The molecule has 1 aliphatic rings. The van der Waals surface area contributed by atoms with Gasteiger partial charge in [0, 0.05) is 24.3 Å². The quantitative estimate of drug-likeness (QED) is 0.841. The SMILES string of the molecule is Cc1ccc(NC(=O)OC(C)(C)C)cc1N1CC(S(N)(=O)=O)CC1=O. The summed E-state index contributed by atoms with van der Waals surface area (Å²) in [5.41, 5.74) is 1.12. The number of nitrogens with one attached hydrogen (secondary N) is 1. The molecule has 1 heterocycles. The maximum Gasteiger partial charge on any atom is 0.412 e. The third-order valence-electron chi connectivity index (χ3n) is 3.70. The predicted molar refractivity (Wildman–Crippen MR) is 94.9 cm³/mol. The summed E-state index contributed by atoms with van der Waals surface area (Å²) in [5, 5.41) is 6.83. The van der Waals surface area contributed by atoms with Gasteiger partial charge in [0.1, 0.15) is 10.9 Å². The van der Waals surface area contributed by atoms with Crippen LogP contribution in [0.25, 0.3) is 0 Å². The first-order chi connectivity index (χ1) is 11.4. The van der Waals surface area contributed by atoms with E-state index in [-0.39, 0.29) is 18.9 Å². The third kappa shape index (κ3) is 4.93. The first-order valence-corrected chi connectivity index (χ1v) is 9.40. The molecule has 1 fully saturated rings. The van der Waals surface area contributed by atoms with E-state index in [0.717, 1.165) is 5.56 Å². The number of benzene rings is 1. The topological polar surface area (TPSA) is 119 Å². The van der Waals surface area contributed by atoms with Gasteiger partial charge in [0.2, 0.25) is 15.9 Å². The predicted octanol–water partition coefficient (Wildman–Crippen LogP) is 1.74. The van der Waals surface area contributed by atoms with Gasteiger partial charge in [-0.15, -0.1) is 0 Å². The second-order valence-corrected chi connectivity index (χ2v) is 8.89. The van der Waals surface area contributed by atoms with Gasteiger partial charge in [-0.3, -0.25) is 10.1 Å². The summed E-state index contributed by atoms with van der Waals surface area (Å²) < 4.78 is 28.2. The van der Waals surface area contributed by atoms with E-state index in [2.05, 4.69) is 5.32 Å². The van der Waals surface area contributed by atoms with E-state index >= 15 is 0 Å². The number of carbonyl (C=O) groups is 2. The molecule has 0 spiro atoms. The standard InChI is InChI=1S/C16H23N3O5S/c1-10-5-6-11(18-15(21)24-16(2,3)4)7-13(10)19-9-12(8-14(19)20)25(17,22)23/h5-7,12H,8-9H2,1-4H3,(H,18,21)(H2,17,22,23). The molecule has 9 heteroatoms. The van der Waals surface area contributed by atoms with Crippen molar-refractivity contribution in [1.29, 1.82) is 0 Å². The molecule has 1 saturated heterocycles. The van der Waals surface area contributed by atoms with Crippen molar-refractivity contribution in [3.63, 3.8) is 0 Å². The zero-order valence-electron chi connectivity index (χ0n) is 14.7. The van der Waals surface area contributed by atoms with Crippen LogP contribution < -0.4 is 15.4 Å². The van der Waals surface area contributed by atoms with Crippen LogP contribution in [-0.4, -0.2) is 37.8 Å². The fraction of sp³-hybridized carbons (Fsp3) is 0.500. The van der Waals surface area contributed by atoms with Crippen molar-refractivity contribution < 1.29 is 22.7 Å². The number of primary sulfonamides is 1. The zero-order valence-corrected chi connectivity index (χ0v) is 15.5. The number of carbonyl (C=O) groups excluding carboxylic acids is 2. The van der Waals surface area contributed by atoms with Gasteiger partial charge in [0.15, 0.2) is 0 Å². The number of ether oxygens (including phenoxy) is 1. The van der Waals surface area contributed by atoms with Crippen LogP contribution in [0.15, 0.2) is 18.2 Å². The number of amides is 2. The lowest BCUT2D eigenvalue weighted by molar-refractivity contribution is -0.117. The molecule has 138 valence electrons. The van der Waals surface area contributed by atoms with Crippen LogP contribution in [0.5, 0.6) is 0 Å². The van der Waals surface area contributed by atoms with Crippen molar-refractivity contribution in [2.24, 2.45) is 5.14 Å². The van der Waals surface area contributed by atoms with E-state index in [4.69, 9.17) is 9.88 Å². The number of hydrogen-bond acceptors (Lipinski definition) is 5. The highest BCUT2D eigenvalue weighted by Gasteiger charge is 2.37. The molecule has 0 radical (unpaired) electrons. The maximum atomic E-state index is 12.2. The average molecular weight is 369 g/mol. The van der Waals surface area contributed by atoms with E-state index in [9.17, 15) is 18.0 Å². The molecule has 1 unspecified atom stereocenters. The Morgan fingerprint density at radius 1 is 1.36 bits per heavy atom. The Morgan fingerprint density at radius 3 is 2.52 bits per heavy atom. The molecule has 0 aliphatic carbocycles. The molecule has 1 aliphatic heterocycles. The number of nitrogens with two attached hydrogens (primary N) is 1. The van der Waals surface area contributed by atoms with Gasteiger partial charge >= 0.3 is 6.09 Å². The largest absolute Gasteiger partial charge is 0.444 e. The first-order valence-electron chi connectivity index (χ1n) is 7.79. The van der Waals surface area contributed by atoms with Gasteiger partial charge in [-0.25, -0.2) is 18.4 Å². The van der Waals surface area contributed by atoms with Crippen LogP contribution in [0.4, 0.5) is 16.2 Å². The minimum absolute atomic E-state index is 0.00556. The molecular weight excluding hydrogens is 346 g/mol. The number of hydrogen-bond donors (Lipinski definition) is 2. The van der Waals surface area contributed by atoms with Gasteiger partial charge in [0.05, 0.1) is 0 Å².